The van der Waals surface area contributed by atoms with Crippen molar-refractivity contribution in [2.75, 3.05) is 18.4 Å². The van der Waals surface area contributed by atoms with Crippen LogP contribution in [0.15, 0.2) is 82.8 Å². The summed E-state index contributed by atoms with van der Waals surface area (Å²) in [6.45, 7) is 1.15. The molecular weight excluding hydrogens is 454 g/mol. The fourth-order valence-electron chi connectivity index (χ4n) is 3.71. The highest BCUT2D eigenvalue weighted by Crippen LogP contribution is 2.24. The highest BCUT2D eigenvalue weighted by atomic mass is 32.2. The molecule has 1 amide bonds. The lowest BCUT2D eigenvalue weighted by atomic mass is 10.1. The van der Waals surface area contributed by atoms with E-state index in [0.29, 0.717) is 13.1 Å². The Morgan fingerprint density at radius 2 is 1.67 bits per heavy atom. The molecule has 0 spiro atoms. The molecule has 0 unspecified atom stereocenters. The normalized spacial score (nSPS) is 14.7. The first kappa shape index (κ1) is 23.5. The van der Waals surface area contributed by atoms with Gasteiger partial charge in [0.05, 0.1) is 11.3 Å². The number of hydrogen-bond donors (Lipinski definition) is 1. The minimum Gasteiger partial charge on any atom is -0.326 e. The molecule has 1 aromatic heterocycles. The molecule has 0 saturated carbocycles. The van der Waals surface area contributed by atoms with Crippen molar-refractivity contribution in [2.24, 2.45) is 0 Å². The number of piperidine rings is 1. The predicted octanol–water partition coefficient (Wildman–Crippen LogP) is 4.73. The maximum Gasteiger partial charge on any atom is 0.243 e. The third kappa shape index (κ3) is 6.43. The smallest absolute Gasteiger partial charge is 0.243 e. The van der Waals surface area contributed by atoms with Gasteiger partial charge in [0.1, 0.15) is 0 Å². The average molecular weight is 482 g/mol. The van der Waals surface area contributed by atoms with Crippen molar-refractivity contribution in [1.29, 1.82) is 0 Å². The summed E-state index contributed by atoms with van der Waals surface area (Å²) in [5.41, 5.74) is 2.67. The zero-order chi connectivity index (χ0) is 23.1. The molecule has 3 aromatic rings. The summed E-state index contributed by atoms with van der Waals surface area (Å²) >= 11 is 1.71. The van der Waals surface area contributed by atoms with E-state index >= 15 is 0 Å². The number of sulfonamides is 1. The quantitative estimate of drug-likeness (QED) is 0.471. The molecule has 33 heavy (non-hydrogen) atoms. The molecule has 2 aromatic carbocycles. The van der Waals surface area contributed by atoms with Gasteiger partial charge in [-0.15, -0.1) is 11.8 Å². The van der Waals surface area contributed by atoms with Crippen molar-refractivity contribution in [3.8, 4) is 0 Å². The second kappa shape index (κ2) is 11.0. The van der Waals surface area contributed by atoms with E-state index in [1.54, 1.807) is 46.5 Å². The number of nitrogens with zero attached hydrogens (tertiary/aromatic N) is 2. The Kier molecular flexibility index (Phi) is 7.80. The van der Waals surface area contributed by atoms with Crippen LogP contribution in [0, 0.1) is 0 Å². The number of amides is 1. The van der Waals surface area contributed by atoms with Crippen LogP contribution in [0.5, 0.6) is 0 Å². The number of rotatable bonds is 8. The largest absolute Gasteiger partial charge is 0.326 e. The van der Waals surface area contributed by atoms with Crippen molar-refractivity contribution >= 4 is 33.4 Å². The lowest BCUT2D eigenvalue weighted by Gasteiger charge is -2.25. The van der Waals surface area contributed by atoms with Crippen molar-refractivity contribution in [2.45, 2.75) is 41.2 Å². The summed E-state index contributed by atoms with van der Waals surface area (Å²) in [4.78, 5) is 18.0. The first-order chi connectivity index (χ1) is 16.0. The zero-order valence-electron chi connectivity index (χ0n) is 18.3. The highest BCUT2D eigenvalue weighted by Gasteiger charge is 2.25. The topological polar surface area (TPSA) is 79.4 Å². The van der Waals surface area contributed by atoms with Crippen LogP contribution in [0.25, 0.3) is 0 Å². The molecule has 172 valence electrons. The molecule has 1 saturated heterocycles. The van der Waals surface area contributed by atoms with E-state index in [0.717, 1.165) is 46.7 Å². The maximum absolute atomic E-state index is 12.8. The molecule has 1 N–H and O–H groups in total. The third-order valence-electron chi connectivity index (χ3n) is 5.51. The Bertz CT molecular complexity index is 1160. The van der Waals surface area contributed by atoms with Crippen LogP contribution < -0.4 is 5.32 Å². The molecule has 2 heterocycles. The minimum absolute atomic E-state index is 0.141. The van der Waals surface area contributed by atoms with Crippen LogP contribution in [0.2, 0.25) is 0 Å². The molecule has 0 radical (unpaired) electrons. The van der Waals surface area contributed by atoms with Gasteiger partial charge in [-0.05, 0) is 66.4 Å². The number of nitrogens with one attached hydrogen (secondary N) is 1. The number of carbonyl (C=O) groups excluding carboxylic acids is 1. The van der Waals surface area contributed by atoms with Gasteiger partial charge in [-0.1, -0.05) is 24.6 Å². The van der Waals surface area contributed by atoms with E-state index in [-0.39, 0.29) is 17.2 Å². The molecule has 1 aliphatic heterocycles. The Balaban J connectivity index is 1.29. The average Bonchev–Trinajstić information content (AvgIpc) is 2.85. The predicted molar refractivity (Wildman–Crippen MR) is 132 cm³/mol. The SMILES string of the molecule is O=C(Cc1ccc(S(=O)(=O)N2CCCCC2)cc1)Nc1ccc(SCc2cccnc2)cc1. The third-order valence-corrected chi connectivity index (χ3v) is 8.50. The van der Waals surface area contributed by atoms with Crippen LogP contribution in [0.1, 0.15) is 30.4 Å². The molecule has 8 heteroatoms. The van der Waals surface area contributed by atoms with Gasteiger partial charge in [0.25, 0.3) is 0 Å². The van der Waals surface area contributed by atoms with E-state index < -0.39 is 10.0 Å². The van der Waals surface area contributed by atoms with E-state index in [1.807, 2.05) is 42.6 Å². The monoisotopic (exact) mass is 481 g/mol. The number of thioether (sulfide) groups is 1. The van der Waals surface area contributed by atoms with Gasteiger partial charge in [-0.2, -0.15) is 4.31 Å². The second-order valence-electron chi connectivity index (χ2n) is 8.01. The van der Waals surface area contributed by atoms with Crippen molar-refractivity contribution in [3.05, 3.63) is 84.2 Å². The van der Waals surface area contributed by atoms with Crippen LogP contribution in [-0.4, -0.2) is 36.7 Å². The van der Waals surface area contributed by atoms with Gasteiger partial charge in [0.2, 0.25) is 15.9 Å². The number of anilines is 1. The Morgan fingerprint density at radius 3 is 2.33 bits per heavy atom. The van der Waals surface area contributed by atoms with Gasteiger partial charge in [0, 0.05) is 41.8 Å². The van der Waals surface area contributed by atoms with Crippen LogP contribution in [0.3, 0.4) is 0 Å². The lowest BCUT2D eigenvalue weighted by Crippen LogP contribution is -2.35. The Hall–Kier alpha value is -2.68. The molecule has 1 aliphatic rings. The Morgan fingerprint density at radius 1 is 0.939 bits per heavy atom. The molecule has 6 nitrogen and oxygen atoms in total. The summed E-state index contributed by atoms with van der Waals surface area (Å²) in [6, 6.07) is 18.3. The van der Waals surface area contributed by atoms with E-state index in [9.17, 15) is 13.2 Å². The molecule has 0 aliphatic carbocycles. The van der Waals surface area contributed by atoms with Crippen molar-refractivity contribution < 1.29 is 13.2 Å². The summed E-state index contributed by atoms with van der Waals surface area (Å²) in [7, 11) is -3.46. The van der Waals surface area contributed by atoms with Crippen molar-refractivity contribution in [3.63, 3.8) is 0 Å². The van der Waals surface area contributed by atoms with Crippen LogP contribution >= 0.6 is 11.8 Å². The number of aromatic nitrogens is 1. The summed E-state index contributed by atoms with van der Waals surface area (Å²) in [5.74, 6) is 0.695. The summed E-state index contributed by atoms with van der Waals surface area (Å²) < 4.78 is 27.1. The number of benzene rings is 2. The Labute approximate surface area is 199 Å². The highest BCUT2D eigenvalue weighted by molar-refractivity contribution is 7.98. The summed E-state index contributed by atoms with van der Waals surface area (Å²) in [6.07, 6.45) is 6.69. The van der Waals surface area contributed by atoms with Gasteiger partial charge in [-0.25, -0.2) is 8.42 Å². The van der Waals surface area contributed by atoms with Gasteiger partial charge in [-0.3, -0.25) is 9.78 Å². The standard InChI is InChI=1S/C25H27N3O3S2/c29-25(27-22-8-10-23(11-9-22)32-19-21-5-4-14-26-18-21)17-20-6-12-24(13-7-20)33(30,31)28-15-2-1-3-16-28/h4-14,18H,1-3,15-17,19H2,(H,27,29). The maximum atomic E-state index is 12.8. The summed E-state index contributed by atoms with van der Waals surface area (Å²) in [5, 5.41) is 2.90. The molecule has 0 bridgehead atoms. The molecular formula is C25H27N3O3S2. The molecule has 0 atom stereocenters. The second-order valence-corrected chi connectivity index (χ2v) is 11.0. The lowest BCUT2D eigenvalue weighted by molar-refractivity contribution is -0.115. The first-order valence-electron chi connectivity index (χ1n) is 11.0. The van der Waals surface area contributed by atoms with Gasteiger partial charge >= 0.3 is 0 Å². The fraction of sp³-hybridized carbons (Fsp3) is 0.280. The number of carbonyl (C=O) groups is 1. The minimum atomic E-state index is -3.46. The molecule has 1 fully saturated rings. The van der Waals surface area contributed by atoms with E-state index in [4.69, 9.17) is 0 Å². The van der Waals surface area contributed by atoms with Crippen LogP contribution in [0.4, 0.5) is 5.69 Å². The first-order valence-corrected chi connectivity index (χ1v) is 13.4. The van der Waals surface area contributed by atoms with Crippen LogP contribution in [-0.2, 0) is 27.0 Å². The fourth-order valence-corrected chi connectivity index (χ4v) is 6.06. The number of pyridine rings is 1. The van der Waals surface area contributed by atoms with E-state index in [2.05, 4.69) is 10.3 Å². The van der Waals surface area contributed by atoms with Gasteiger partial charge < -0.3 is 5.32 Å². The number of hydrogen-bond acceptors (Lipinski definition) is 5. The zero-order valence-corrected chi connectivity index (χ0v) is 19.9. The molecule has 4 rings (SSSR count). The van der Waals surface area contributed by atoms with E-state index in [1.165, 1.54) is 0 Å². The van der Waals surface area contributed by atoms with Crippen molar-refractivity contribution in [1.82, 2.24) is 9.29 Å². The van der Waals surface area contributed by atoms with Gasteiger partial charge in [0.15, 0.2) is 0 Å².